The van der Waals surface area contributed by atoms with Crippen LogP contribution in [0.1, 0.15) is 35.0 Å². The minimum atomic E-state index is -0.0724. The molecule has 20 heavy (non-hydrogen) atoms. The first-order valence-electron chi connectivity index (χ1n) is 6.79. The van der Waals surface area contributed by atoms with Crippen LogP contribution in [0.4, 0.5) is 5.69 Å². The summed E-state index contributed by atoms with van der Waals surface area (Å²) in [4.78, 5) is 14.3. The van der Waals surface area contributed by atoms with Crippen molar-refractivity contribution in [3.05, 3.63) is 53.5 Å². The maximum atomic E-state index is 12.5. The molecule has 4 nitrogen and oxygen atoms in total. The van der Waals surface area contributed by atoms with Crippen LogP contribution in [-0.2, 0) is 6.54 Å². The van der Waals surface area contributed by atoms with Crippen molar-refractivity contribution in [2.45, 2.75) is 26.8 Å². The second-order valence-corrected chi connectivity index (χ2v) is 4.90. The van der Waals surface area contributed by atoms with E-state index in [4.69, 9.17) is 10.2 Å². The maximum absolute atomic E-state index is 12.5. The third kappa shape index (κ3) is 3.20. The third-order valence-corrected chi connectivity index (χ3v) is 3.16. The summed E-state index contributed by atoms with van der Waals surface area (Å²) in [6, 6.07) is 9.41. The number of nitrogen functional groups attached to an aromatic ring is 1. The second-order valence-electron chi connectivity index (χ2n) is 4.90. The summed E-state index contributed by atoms with van der Waals surface area (Å²) in [5.74, 6) is 0.346. The van der Waals surface area contributed by atoms with Gasteiger partial charge in [0.25, 0.3) is 5.91 Å². The normalized spacial score (nSPS) is 10.5. The minimum Gasteiger partial charge on any atom is -0.459 e. The topological polar surface area (TPSA) is 59.5 Å². The molecule has 4 heteroatoms. The van der Waals surface area contributed by atoms with Gasteiger partial charge in [-0.1, -0.05) is 19.1 Å². The molecule has 0 aliphatic heterocycles. The van der Waals surface area contributed by atoms with Crippen LogP contribution in [0, 0.1) is 6.92 Å². The zero-order valence-corrected chi connectivity index (χ0v) is 11.9. The van der Waals surface area contributed by atoms with E-state index in [0.717, 1.165) is 17.5 Å². The number of amides is 1. The molecule has 2 N–H and O–H groups in total. The van der Waals surface area contributed by atoms with E-state index in [1.165, 1.54) is 0 Å². The van der Waals surface area contributed by atoms with Crippen LogP contribution in [0.5, 0.6) is 0 Å². The lowest BCUT2D eigenvalue weighted by Gasteiger charge is -2.21. The summed E-state index contributed by atoms with van der Waals surface area (Å²) in [6.07, 6.45) is 2.45. The van der Waals surface area contributed by atoms with Gasteiger partial charge < -0.3 is 15.1 Å². The highest BCUT2D eigenvalue weighted by Crippen LogP contribution is 2.16. The molecule has 0 saturated heterocycles. The molecule has 0 saturated carbocycles. The van der Waals surface area contributed by atoms with Gasteiger partial charge >= 0.3 is 0 Å². The molecule has 0 spiro atoms. The van der Waals surface area contributed by atoms with Gasteiger partial charge in [0.05, 0.1) is 6.26 Å². The molecule has 2 aromatic rings. The maximum Gasteiger partial charge on any atom is 0.290 e. The molecular formula is C16H20N2O2. The van der Waals surface area contributed by atoms with Crippen LogP contribution in [0.3, 0.4) is 0 Å². The zero-order chi connectivity index (χ0) is 14.5. The molecular weight excluding hydrogens is 252 g/mol. The number of carbonyl (C=O) groups excluding carboxylic acids is 1. The third-order valence-electron chi connectivity index (χ3n) is 3.16. The van der Waals surface area contributed by atoms with Crippen LogP contribution >= 0.6 is 0 Å². The predicted octanol–water partition coefficient (Wildman–Crippen LogP) is 3.22. The molecule has 1 aromatic carbocycles. The van der Waals surface area contributed by atoms with Crippen molar-refractivity contribution in [3.63, 3.8) is 0 Å². The Hall–Kier alpha value is -2.23. The molecule has 0 atom stereocenters. The Labute approximate surface area is 119 Å². The summed E-state index contributed by atoms with van der Waals surface area (Å²) in [7, 11) is 0. The van der Waals surface area contributed by atoms with Crippen LogP contribution in [-0.4, -0.2) is 17.4 Å². The number of furan rings is 1. The van der Waals surface area contributed by atoms with Crippen LogP contribution in [0.15, 0.2) is 41.0 Å². The Morgan fingerprint density at radius 3 is 2.75 bits per heavy atom. The lowest BCUT2D eigenvalue weighted by molar-refractivity contribution is 0.0710. The average Bonchev–Trinajstić information content (AvgIpc) is 2.84. The van der Waals surface area contributed by atoms with E-state index in [-0.39, 0.29) is 5.91 Å². The molecule has 2 rings (SSSR count). The monoisotopic (exact) mass is 272 g/mol. The zero-order valence-electron chi connectivity index (χ0n) is 11.9. The van der Waals surface area contributed by atoms with Gasteiger partial charge in [0.2, 0.25) is 0 Å². The van der Waals surface area contributed by atoms with E-state index in [1.54, 1.807) is 17.2 Å². The van der Waals surface area contributed by atoms with Crippen LogP contribution in [0.25, 0.3) is 0 Å². The van der Waals surface area contributed by atoms with Crippen molar-refractivity contribution in [2.75, 3.05) is 12.3 Å². The van der Waals surface area contributed by atoms with E-state index in [2.05, 4.69) is 6.92 Å². The fraction of sp³-hybridized carbons (Fsp3) is 0.312. The molecule has 1 heterocycles. The summed E-state index contributed by atoms with van der Waals surface area (Å²) >= 11 is 0. The lowest BCUT2D eigenvalue weighted by atomic mass is 10.1. The second kappa shape index (κ2) is 6.28. The Morgan fingerprint density at radius 2 is 2.15 bits per heavy atom. The molecule has 0 unspecified atom stereocenters. The molecule has 0 bridgehead atoms. The smallest absolute Gasteiger partial charge is 0.290 e. The number of aryl methyl sites for hydroxylation is 1. The summed E-state index contributed by atoms with van der Waals surface area (Å²) in [5, 5.41) is 0. The first-order chi connectivity index (χ1) is 9.61. The van der Waals surface area contributed by atoms with Crippen LogP contribution in [0.2, 0.25) is 0 Å². The molecule has 0 aliphatic carbocycles. The Balaban J connectivity index is 2.19. The first kappa shape index (κ1) is 14.2. The van der Waals surface area contributed by atoms with Gasteiger partial charge in [-0.05, 0) is 37.1 Å². The summed E-state index contributed by atoms with van der Waals surface area (Å²) < 4.78 is 5.30. The van der Waals surface area contributed by atoms with Crippen molar-refractivity contribution in [3.8, 4) is 0 Å². The number of rotatable bonds is 5. The fourth-order valence-corrected chi connectivity index (χ4v) is 2.17. The van der Waals surface area contributed by atoms with Crippen LogP contribution < -0.4 is 5.73 Å². The van der Waals surface area contributed by atoms with Gasteiger partial charge in [0, 0.05) is 24.3 Å². The van der Waals surface area contributed by atoms with Gasteiger partial charge in [0.15, 0.2) is 5.76 Å². The number of hydrogen-bond donors (Lipinski definition) is 1. The standard InChI is InChI=1S/C16H20N2O2/c1-3-8-18(11-13-5-4-6-14(17)10-13)16(19)15-12(2)7-9-20-15/h4-7,9-10H,3,8,11,17H2,1-2H3. The van der Waals surface area contributed by atoms with Gasteiger partial charge in [-0.15, -0.1) is 0 Å². The fourth-order valence-electron chi connectivity index (χ4n) is 2.17. The van der Waals surface area contributed by atoms with Gasteiger partial charge in [-0.25, -0.2) is 0 Å². The van der Waals surface area contributed by atoms with E-state index in [1.807, 2.05) is 31.2 Å². The van der Waals surface area contributed by atoms with E-state index in [0.29, 0.717) is 24.5 Å². The molecule has 0 radical (unpaired) electrons. The number of nitrogens with zero attached hydrogens (tertiary/aromatic N) is 1. The Kier molecular flexibility index (Phi) is 4.45. The highest BCUT2D eigenvalue weighted by atomic mass is 16.3. The molecule has 0 fully saturated rings. The predicted molar refractivity (Wildman–Crippen MR) is 79.3 cm³/mol. The Bertz CT molecular complexity index is 590. The number of carbonyl (C=O) groups is 1. The quantitative estimate of drug-likeness (QED) is 0.850. The number of benzene rings is 1. The van der Waals surface area contributed by atoms with Crippen molar-refractivity contribution in [2.24, 2.45) is 0 Å². The molecule has 1 aromatic heterocycles. The van der Waals surface area contributed by atoms with Gasteiger partial charge in [0.1, 0.15) is 0 Å². The molecule has 0 aliphatic rings. The van der Waals surface area contributed by atoms with E-state index >= 15 is 0 Å². The number of anilines is 1. The SMILES string of the molecule is CCCN(Cc1cccc(N)c1)C(=O)c1occc1C. The van der Waals surface area contributed by atoms with Gasteiger partial charge in [-0.3, -0.25) is 4.79 Å². The highest BCUT2D eigenvalue weighted by molar-refractivity contribution is 5.92. The number of hydrogen-bond acceptors (Lipinski definition) is 3. The average molecular weight is 272 g/mol. The minimum absolute atomic E-state index is 0.0724. The number of nitrogens with two attached hydrogens (primary N) is 1. The van der Waals surface area contributed by atoms with Gasteiger partial charge in [-0.2, -0.15) is 0 Å². The van der Waals surface area contributed by atoms with E-state index in [9.17, 15) is 4.79 Å². The lowest BCUT2D eigenvalue weighted by Crippen LogP contribution is -2.31. The first-order valence-corrected chi connectivity index (χ1v) is 6.79. The van der Waals surface area contributed by atoms with Crippen molar-refractivity contribution in [1.29, 1.82) is 0 Å². The summed E-state index contributed by atoms with van der Waals surface area (Å²) in [6.45, 7) is 5.15. The van der Waals surface area contributed by atoms with Crippen molar-refractivity contribution < 1.29 is 9.21 Å². The Morgan fingerprint density at radius 1 is 1.35 bits per heavy atom. The molecule has 106 valence electrons. The van der Waals surface area contributed by atoms with E-state index < -0.39 is 0 Å². The summed E-state index contributed by atoms with van der Waals surface area (Å²) in [5.41, 5.74) is 8.38. The van der Waals surface area contributed by atoms with Crippen molar-refractivity contribution in [1.82, 2.24) is 4.90 Å². The largest absolute Gasteiger partial charge is 0.459 e. The highest BCUT2D eigenvalue weighted by Gasteiger charge is 2.20. The molecule has 1 amide bonds. The van der Waals surface area contributed by atoms with Crippen molar-refractivity contribution >= 4 is 11.6 Å².